The van der Waals surface area contributed by atoms with Crippen molar-refractivity contribution in [2.24, 2.45) is 5.92 Å². The smallest absolute Gasteiger partial charge is 0.259 e. The third kappa shape index (κ3) is 3.12. The third-order valence-corrected chi connectivity index (χ3v) is 7.39. The predicted octanol–water partition coefficient (Wildman–Crippen LogP) is 4.65. The fourth-order valence-electron chi connectivity index (χ4n) is 3.87. The Bertz CT molecular complexity index is 1260. The Balaban J connectivity index is 1.49. The topological polar surface area (TPSA) is 71.5 Å². The molecule has 0 saturated heterocycles. The van der Waals surface area contributed by atoms with Crippen molar-refractivity contribution in [3.8, 4) is 0 Å². The summed E-state index contributed by atoms with van der Waals surface area (Å²) in [4.78, 5) is 31.9. The lowest BCUT2D eigenvalue weighted by atomic mass is 9.89. The molecule has 1 atom stereocenters. The molecule has 1 aromatic carbocycles. The highest BCUT2D eigenvalue weighted by molar-refractivity contribution is 7.98. The average molecular weight is 409 g/mol. The molecule has 7 heteroatoms. The minimum atomic E-state index is -0.00335. The van der Waals surface area contributed by atoms with Gasteiger partial charge in [0.2, 0.25) is 0 Å². The summed E-state index contributed by atoms with van der Waals surface area (Å²) in [5.41, 5.74) is 2.16. The van der Waals surface area contributed by atoms with Crippen molar-refractivity contribution in [2.45, 2.75) is 43.9 Å². The van der Waals surface area contributed by atoms with E-state index in [1.807, 2.05) is 31.2 Å². The molecule has 0 unspecified atom stereocenters. The summed E-state index contributed by atoms with van der Waals surface area (Å²) in [6.45, 7) is 4.18. The zero-order chi connectivity index (χ0) is 19.3. The molecule has 28 heavy (non-hydrogen) atoms. The van der Waals surface area contributed by atoms with Crippen LogP contribution in [0.2, 0.25) is 0 Å². The van der Waals surface area contributed by atoms with Gasteiger partial charge in [0, 0.05) is 10.3 Å². The Labute approximate surface area is 170 Å². The molecule has 0 radical (unpaired) electrons. The first-order chi connectivity index (χ1) is 13.6. The van der Waals surface area contributed by atoms with Crippen LogP contribution in [-0.4, -0.2) is 19.9 Å². The van der Waals surface area contributed by atoms with Crippen LogP contribution < -0.4 is 5.56 Å². The molecule has 5 rings (SSSR count). The van der Waals surface area contributed by atoms with Gasteiger partial charge in [-0.2, -0.15) is 0 Å². The van der Waals surface area contributed by atoms with E-state index in [1.54, 1.807) is 23.1 Å². The molecule has 0 spiro atoms. The summed E-state index contributed by atoms with van der Waals surface area (Å²) < 4.78 is 0. The van der Waals surface area contributed by atoms with E-state index in [2.05, 4.69) is 21.9 Å². The lowest BCUT2D eigenvalue weighted by Crippen LogP contribution is -2.14. The van der Waals surface area contributed by atoms with Crippen molar-refractivity contribution in [3.05, 3.63) is 56.7 Å². The van der Waals surface area contributed by atoms with Crippen molar-refractivity contribution >= 4 is 44.2 Å². The second-order valence-electron chi connectivity index (χ2n) is 7.43. The largest absolute Gasteiger partial charge is 0.309 e. The number of para-hydroxylation sites is 1. The Hall–Kier alpha value is -2.25. The van der Waals surface area contributed by atoms with Gasteiger partial charge in [-0.3, -0.25) is 4.79 Å². The average Bonchev–Trinajstić information content (AvgIpc) is 3.03. The van der Waals surface area contributed by atoms with Gasteiger partial charge >= 0.3 is 0 Å². The van der Waals surface area contributed by atoms with E-state index in [0.29, 0.717) is 17.5 Å². The Morgan fingerprint density at radius 3 is 3.00 bits per heavy atom. The van der Waals surface area contributed by atoms with Gasteiger partial charge in [0.1, 0.15) is 21.5 Å². The molecule has 3 heterocycles. The highest BCUT2D eigenvalue weighted by atomic mass is 32.2. The summed E-state index contributed by atoms with van der Waals surface area (Å²) in [6, 6.07) is 8.01. The van der Waals surface area contributed by atoms with Crippen molar-refractivity contribution in [2.75, 3.05) is 0 Å². The van der Waals surface area contributed by atoms with E-state index in [0.717, 1.165) is 51.2 Å². The Morgan fingerprint density at radius 1 is 1.25 bits per heavy atom. The number of thioether (sulfide) groups is 1. The number of aromatic nitrogens is 4. The summed E-state index contributed by atoms with van der Waals surface area (Å²) in [6.07, 6.45) is 3.20. The van der Waals surface area contributed by atoms with E-state index < -0.39 is 0 Å². The van der Waals surface area contributed by atoms with Crippen LogP contribution in [0.1, 0.15) is 35.4 Å². The minimum absolute atomic E-state index is 0.00335. The van der Waals surface area contributed by atoms with Gasteiger partial charge in [0.05, 0.1) is 16.7 Å². The molecule has 5 nitrogen and oxygen atoms in total. The van der Waals surface area contributed by atoms with E-state index in [4.69, 9.17) is 4.98 Å². The van der Waals surface area contributed by atoms with Gasteiger partial charge < -0.3 is 4.98 Å². The van der Waals surface area contributed by atoms with Crippen LogP contribution >= 0.6 is 23.1 Å². The predicted molar refractivity (Wildman–Crippen MR) is 115 cm³/mol. The number of benzene rings is 1. The minimum Gasteiger partial charge on any atom is -0.309 e. The molecular formula is C21H20N4OS2. The standard InChI is InChI=1S/C21H20N4OS2/c1-11-7-8-14-16(9-11)28-21-18(14)19(26)24-17(25-21)10-27-20-13-5-3-4-6-15(13)22-12(2)23-20/h3-6,11H,7-10H2,1-2H3,(H,24,25,26)/t11-/m1/s1. The normalized spacial score (nSPS) is 16.6. The van der Waals surface area contributed by atoms with Gasteiger partial charge in [0.15, 0.2) is 0 Å². The first-order valence-electron chi connectivity index (χ1n) is 9.48. The van der Waals surface area contributed by atoms with Crippen LogP contribution in [0.15, 0.2) is 34.1 Å². The maximum Gasteiger partial charge on any atom is 0.259 e. The van der Waals surface area contributed by atoms with E-state index in [1.165, 1.54) is 10.4 Å². The monoisotopic (exact) mass is 408 g/mol. The molecule has 1 N–H and O–H groups in total. The molecule has 142 valence electrons. The summed E-state index contributed by atoms with van der Waals surface area (Å²) in [5, 5.41) is 2.76. The van der Waals surface area contributed by atoms with Crippen LogP contribution in [0.3, 0.4) is 0 Å². The van der Waals surface area contributed by atoms with Crippen molar-refractivity contribution < 1.29 is 0 Å². The lowest BCUT2D eigenvalue weighted by Gasteiger charge is -2.17. The van der Waals surface area contributed by atoms with Crippen LogP contribution in [0, 0.1) is 12.8 Å². The zero-order valence-electron chi connectivity index (χ0n) is 15.8. The molecular weight excluding hydrogens is 388 g/mol. The third-order valence-electron chi connectivity index (χ3n) is 5.24. The second-order valence-corrected chi connectivity index (χ2v) is 9.47. The lowest BCUT2D eigenvalue weighted by molar-refractivity contribution is 0.509. The number of hydrogen-bond donors (Lipinski definition) is 1. The van der Waals surface area contributed by atoms with Crippen LogP contribution in [-0.2, 0) is 18.6 Å². The van der Waals surface area contributed by atoms with Crippen LogP contribution in [0.5, 0.6) is 0 Å². The maximum absolute atomic E-state index is 12.8. The molecule has 4 aromatic rings. The first-order valence-corrected chi connectivity index (χ1v) is 11.3. The van der Waals surface area contributed by atoms with E-state index in [-0.39, 0.29) is 5.56 Å². The number of fused-ring (bicyclic) bond motifs is 4. The van der Waals surface area contributed by atoms with E-state index >= 15 is 0 Å². The molecule has 1 aliphatic rings. The number of aryl methyl sites for hydroxylation is 2. The number of hydrogen-bond acceptors (Lipinski definition) is 6. The Morgan fingerprint density at radius 2 is 2.11 bits per heavy atom. The molecule has 0 aliphatic heterocycles. The van der Waals surface area contributed by atoms with Gasteiger partial charge in [-0.15, -0.1) is 11.3 Å². The fourth-order valence-corrected chi connectivity index (χ4v) is 6.20. The molecule has 3 aromatic heterocycles. The first kappa shape index (κ1) is 17.8. The highest BCUT2D eigenvalue weighted by Gasteiger charge is 2.23. The van der Waals surface area contributed by atoms with Gasteiger partial charge in [-0.05, 0) is 43.7 Å². The number of H-pyrrole nitrogens is 1. The van der Waals surface area contributed by atoms with Gasteiger partial charge in [-0.1, -0.05) is 36.9 Å². The van der Waals surface area contributed by atoms with Crippen LogP contribution in [0.4, 0.5) is 0 Å². The highest BCUT2D eigenvalue weighted by Crippen LogP contribution is 2.36. The summed E-state index contributed by atoms with van der Waals surface area (Å²) >= 11 is 3.28. The number of nitrogens with zero attached hydrogens (tertiary/aromatic N) is 3. The Kier molecular flexibility index (Phi) is 4.44. The number of rotatable bonds is 3. The van der Waals surface area contributed by atoms with Crippen molar-refractivity contribution in [3.63, 3.8) is 0 Å². The number of aromatic amines is 1. The molecule has 1 aliphatic carbocycles. The fraction of sp³-hybridized carbons (Fsp3) is 0.333. The van der Waals surface area contributed by atoms with Gasteiger partial charge in [0.25, 0.3) is 5.56 Å². The zero-order valence-corrected chi connectivity index (χ0v) is 17.4. The summed E-state index contributed by atoms with van der Waals surface area (Å²) in [5.74, 6) is 2.71. The number of thiophene rings is 1. The molecule has 0 amide bonds. The summed E-state index contributed by atoms with van der Waals surface area (Å²) in [7, 11) is 0. The molecule has 0 saturated carbocycles. The van der Waals surface area contributed by atoms with Crippen LogP contribution in [0.25, 0.3) is 21.1 Å². The second kappa shape index (κ2) is 6.97. The quantitative estimate of drug-likeness (QED) is 0.394. The maximum atomic E-state index is 12.8. The van der Waals surface area contributed by atoms with Crippen molar-refractivity contribution in [1.82, 2.24) is 19.9 Å². The number of nitrogens with one attached hydrogen (secondary N) is 1. The van der Waals surface area contributed by atoms with E-state index in [9.17, 15) is 4.79 Å². The SMILES string of the molecule is Cc1nc(SCc2nc3sc4c(c3c(=O)[nH]2)CC[C@@H](C)C4)c2ccccc2n1. The molecule has 0 bridgehead atoms. The molecule has 0 fully saturated rings. The van der Waals surface area contributed by atoms with Crippen molar-refractivity contribution in [1.29, 1.82) is 0 Å². The van der Waals surface area contributed by atoms with Gasteiger partial charge in [-0.25, -0.2) is 15.0 Å².